The predicted octanol–water partition coefficient (Wildman–Crippen LogP) is 2.25. The van der Waals surface area contributed by atoms with Crippen molar-refractivity contribution >= 4 is 10.8 Å². The van der Waals surface area contributed by atoms with Crippen LogP contribution in [0.2, 0.25) is 0 Å². The van der Waals surface area contributed by atoms with Crippen LogP contribution >= 0.6 is 0 Å². The standard InChI is InChI=1S/C11H11NO2/c1-13-9-5-8-7-12-4-3-10(8)11(6-9)14-2/h3-7H,1-2H3. The van der Waals surface area contributed by atoms with Gasteiger partial charge in [-0.1, -0.05) is 0 Å². The molecule has 2 aromatic rings. The molecule has 0 spiro atoms. The second-order valence-corrected chi connectivity index (χ2v) is 2.93. The van der Waals surface area contributed by atoms with Gasteiger partial charge in [0.1, 0.15) is 11.5 Å². The molecule has 0 aliphatic carbocycles. The normalized spacial score (nSPS) is 10.1. The lowest BCUT2D eigenvalue weighted by Gasteiger charge is -2.07. The molecule has 0 N–H and O–H groups in total. The van der Waals surface area contributed by atoms with Gasteiger partial charge in [0.25, 0.3) is 0 Å². The maximum atomic E-state index is 5.26. The summed E-state index contributed by atoms with van der Waals surface area (Å²) in [7, 11) is 3.28. The van der Waals surface area contributed by atoms with Crippen LogP contribution in [-0.4, -0.2) is 19.2 Å². The highest BCUT2D eigenvalue weighted by atomic mass is 16.5. The van der Waals surface area contributed by atoms with Crippen molar-refractivity contribution in [2.24, 2.45) is 0 Å². The number of aromatic nitrogens is 1. The Labute approximate surface area is 82.3 Å². The third-order valence-electron chi connectivity index (χ3n) is 2.14. The average Bonchev–Trinajstić information content (AvgIpc) is 2.27. The average molecular weight is 189 g/mol. The number of methoxy groups -OCH3 is 2. The van der Waals surface area contributed by atoms with Crippen molar-refractivity contribution in [1.82, 2.24) is 4.98 Å². The molecule has 3 heteroatoms. The number of fused-ring (bicyclic) bond motifs is 1. The van der Waals surface area contributed by atoms with Gasteiger partial charge < -0.3 is 9.47 Å². The first kappa shape index (κ1) is 8.81. The summed E-state index contributed by atoms with van der Waals surface area (Å²) in [4.78, 5) is 4.05. The van der Waals surface area contributed by atoms with Gasteiger partial charge in [0.2, 0.25) is 0 Å². The number of ether oxygens (including phenoxy) is 2. The Balaban J connectivity index is 2.73. The van der Waals surface area contributed by atoms with Crippen molar-refractivity contribution in [3.8, 4) is 11.5 Å². The molecule has 72 valence electrons. The molecule has 0 saturated carbocycles. The molecular weight excluding hydrogens is 178 g/mol. The van der Waals surface area contributed by atoms with Crippen molar-refractivity contribution in [3.05, 3.63) is 30.6 Å². The van der Waals surface area contributed by atoms with E-state index in [0.29, 0.717) is 0 Å². The number of hydrogen-bond acceptors (Lipinski definition) is 3. The molecule has 0 aliphatic rings. The van der Waals surface area contributed by atoms with Gasteiger partial charge in [0, 0.05) is 29.2 Å². The smallest absolute Gasteiger partial charge is 0.130 e. The zero-order valence-corrected chi connectivity index (χ0v) is 8.15. The van der Waals surface area contributed by atoms with Crippen molar-refractivity contribution in [1.29, 1.82) is 0 Å². The van der Waals surface area contributed by atoms with Gasteiger partial charge in [0.05, 0.1) is 14.2 Å². The second-order valence-electron chi connectivity index (χ2n) is 2.93. The number of nitrogens with zero attached hydrogens (tertiary/aromatic N) is 1. The van der Waals surface area contributed by atoms with Crippen LogP contribution in [0.3, 0.4) is 0 Å². The maximum Gasteiger partial charge on any atom is 0.130 e. The molecule has 14 heavy (non-hydrogen) atoms. The minimum atomic E-state index is 0.780. The first-order valence-corrected chi connectivity index (χ1v) is 4.31. The summed E-state index contributed by atoms with van der Waals surface area (Å²) in [5.41, 5.74) is 0. The molecule has 1 heterocycles. The quantitative estimate of drug-likeness (QED) is 0.726. The van der Waals surface area contributed by atoms with E-state index in [1.807, 2.05) is 18.2 Å². The summed E-state index contributed by atoms with van der Waals surface area (Å²) in [5, 5.41) is 2.06. The van der Waals surface area contributed by atoms with Gasteiger partial charge in [-0.25, -0.2) is 0 Å². The van der Waals surface area contributed by atoms with Crippen molar-refractivity contribution in [2.75, 3.05) is 14.2 Å². The summed E-state index contributed by atoms with van der Waals surface area (Å²) in [6, 6.07) is 5.72. The van der Waals surface area contributed by atoms with Crippen LogP contribution in [0.1, 0.15) is 0 Å². The van der Waals surface area contributed by atoms with Crippen molar-refractivity contribution in [3.63, 3.8) is 0 Å². The van der Waals surface area contributed by atoms with E-state index in [1.165, 1.54) is 0 Å². The van der Waals surface area contributed by atoms with Crippen LogP contribution in [0.5, 0.6) is 11.5 Å². The number of hydrogen-bond donors (Lipinski definition) is 0. The van der Waals surface area contributed by atoms with Gasteiger partial charge >= 0.3 is 0 Å². The molecule has 0 unspecified atom stereocenters. The Kier molecular flexibility index (Phi) is 2.23. The van der Waals surface area contributed by atoms with Crippen LogP contribution in [0.4, 0.5) is 0 Å². The van der Waals surface area contributed by atoms with E-state index >= 15 is 0 Å². The monoisotopic (exact) mass is 189 g/mol. The summed E-state index contributed by atoms with van der Waals surface area (Å²) >= 11 is 0. The lowest BCUT2D eigenvalue weighted by molar-refractivity contribution is 0.398. The number of pyridine rings is 1. The molecule has 0 saturated heterocycles. The second kappa shape index (κ2) is 3.54. The topological polar surface area (TPSA) is 31.4 Å². The Morgan fingerprint density at radius 2 is 2.00 bits per heavy atom. The molecule has 2 rings (SSSR count). The Morgan fingerprint density at radius 1 is 1.14 bits per heavy atom. The van der Waals surface area contributed by atoms with Crippen LogP contribution < -0.4 is 9.47 Å². The van der Waals surface area contributed by atoms with Crippen LogP contribution in [-0.2, 0) is 0 Å². The van der Waals surface area contributed by atoms with E-state index in [4.69, 9.17) is 9.47 Å². The van der Waals surface area contributed by atoms with E-state index < -0.39 is 0 Å². The first-order chi connectivity index (χ1) is 6.85. The fourth-order valence-corrected chi connectivity index (χ4v) is 1.43. The van der Waals surface area contributed by atoms with Gasteiger partial charge in [0.15, 0.2) is 0 Å². The predicted molar refractivity (Wildman–Crippen MR) is 54.8 cm³/mol. The molecule has 0 bridgehead atoms. The third kappa shape index (κ3) is 1.37. The van der Waals surface area contributed by atoms with Gasteiger partial charge in [-0.15, -0.1) is 0 Å². The van der Waals surface area contributed by atoms with Crippen molar-refractivity contribution < 1.29 is 9.47 Å². The largest absolute Gasteiger partial charge is 0.497 e. The van der Waals surface area contributed by atoms with E-state index in [0.717, 1.165) is 22.3 Å². The highest BCUT2D eigenvalue weighted by Gasteiger charge is 2.03. The molecule has 0 amide bonds. The fraction of sp³-hybridized carbons (Fsp3) is 0.182. The number of rotatable bonds is 2. The van der Waals surface area contributed by atoms with Gasteiger partial charge in [-0.05, 0) is 12.1 Å². The minimum Gasteiger partial charge on any atom is -0.497 e. The minimum absolute atomic E-state index is 0.780. The summed E-state index contributed by atoms with van der Waals surface area (Å²) < 4.78 is 10.4. The SMILES string of the molecule is COc1cc(OC)c2ccncc2c1. The van der Waals surface area contributed by atoms with Crippen LogP contribution in [0.15, 0.2) is 30.6 Å². The Hall–Kier alpha value is -1.77. The Bertz CT molecular complexity index is 454. The van der Waals surface area contributed by atoms with E-state index in [2.05, 4.69) is 4.98 Å². The lowest BCUT2D eigenvalue weighted by Crippen LogP contribution is -1.88. The molecule has 3 nitrogen and oxygen atoms in total. The zero-order valence-electron chi connectivity index (χ0n) is 8.15. The molecule has 0 aliphatic heterocycles. The van der Waals surface area contributed by atoms with Gasteiger partial charge in [-0.2, -0.15) is 0 Å². The maximum absolute atomic E-state index is 5.26. The van der Waals surface area contributed by atoms with Crippen molar-refractivity contribution in [2.45, 2.75) is 0 Å². The summed E-state index contributed by atoms with van der Waals surface area (Å²) in [5.74, 6) is 1.59. The molecule has 0 fully saturated rings. The fourth-order valence-electron chi connectivity index (χ4n) is 1.43. The molecular formula is C11H11NO2. The van der Waals surface area contributed by atoms with E-state index in [1.54, 1.807) is 26.6 Å². The van der Waals surface area contributed by atoms with E-state index in [-0.39, 0.29) is 0 Å². The molecule has 1 aromatic carbocycles. The Morgan fingerprint density at radius 3 is 2.71 bits per heavy atom. The summed E-state index contributed by atoms with van der Waals surface area (Å²) in [6.07, 6.45) is 3.54. The lowest BCUT2D eigenvalue weighted by atomic mass is 10.1. The zero-order chi connectivity index (χ0) is 9.97. The number of benzene rings is 1. The van der Waals surface area contributed by atoms with E-state index in [9.17, 15) is 0 Å². The highest BCUT2D eigenvalue weighted by Crippen LogP contribution is 2.29. The molecule has 1 aromatic heterocycles. The molecule has 0 atom stereocenters. The molecule has 0 radical (unpaired) electrons. The van der Waals surface area contributed by atoms with Gasteiger partial charge in [-0.3, -0.25) is 4.98 Å². The van der Waals surface area contributed by atoms with Crippen LogP contribution in [0, 0.1) is 0 Å². The third-order valence-corrected chi connectivity index (χ3v) is 2.14. The van der Waals surface area contributed by atoms with Crippen LogP contribution in [0.25, 0.3) is 10.8 Å². The summed E-state index contributed by atoms with van der Waals surface area (Å²) in [6.45, 7) is 0. The highest BCUT2D eigenvalue weighted by molar-refractivity contribution is 5.88. The first-order valence-electron chi connectivity index (χ1n) is 4.31.